The van der Waals surface area contributed by atoms with Crippen LogP contribution in [0.2, 0.25) is 0 Å². The fraction of sp³-hybridized carbons (Fsp3) is 0.154. The largest absolute Gasteiger partial charge is 0.326 e. The normalized spacial score (nSPS) is 10.4. The predicted octanol–water partition coefficient (Wildman–Crippen LogP) is 4.60. The highest BCUT2D eigenvalue weighted by Crippen LogP contribution is 2.23. The first kappa shape index (κ1) is 14.0. The van der Waals surface area contributed by atoms with Gasteiger partial charge in [-0.1, -0.05) is 0 Å². The van der Waals surface area contributed by atoms with Gasteiger partial charge in [-0.25, -0.2) is 0 Å². The molecule has 2 nitrogen and oxygen atoms in total. The molecule has 0 spiro atoms. The number of benzene rings is 1. The second kappa shape index (κ2) is 6.16. The zero-order valence-corrected chi connectivity index (χ0v) is 14.2. The molecule has 0 aliphatic rings. The molecule has 1 aromatic heterocycles. The van der Waals surface area contributed by atoms with Gasteiger partial charge in [-0.3, -0.25) is 4.79 Å². The molecule has 0 saturated carbocycles. The maximum atomic E-state index is 11.9. The van der Waals surface area contributed by atoms with Gasteiger partial charge in [-0.15, -0.1) is 11.3 Å². The molecular weight excluding hydrogens is 425 g/mol. The number of halogens is 2. The zero-order chi connectivity index (χ0) is 13.1. The van der Waals surface area contributed by atoms with Crippen molar-refractivity contribution in [1.29, 1.82) is 0 Å². The summed E-state index contributed by atoms with van der Waals surface area (Å²) in [6.45, 7) is 2.00. The van der Waals surface area contributed by atoms with Crippen LogP contribution in [0, 0.1) is 10.5 Å². The highest BCUT2D eigenvalue weighted by atomic mass is 127. The van der Waals surface area contributed by atoms with E-state index in [4.69, 9.17) is 0 Å². The Kier molecular flexibility index (Phi) is 4.80. The number of anilines is 1. The van der Waals surface area contributed by atoms with Gasteiger partial charge in [0.2, 0.25) is 5.91 Å². The molecule has 1 N–H and O–H groups in total. The average Bonchev–Trinajstić information content (AvgIpc) is 2.68. The van der Waals surface area contributed by atoms with Crippen LogP contribution >= 0.6 is 49.9 Å². The van der Waals surface area contributed by atoms with Crippen LogP contribution in [-0.4, -0.2) is 5.91 Å². The number of carbonyl (C=O) groups excluding carboxylic acids is 1. The van der Waals surface area contributed by atoms with E-state index >= 15 is 0 Å². The first-order valence-electron chi connectivity index (χ1n) is 5.35. The number of hydrogen-bond acceptors (Lipinski definition) is 2. The molecule has 18 heavy (non-hydrogen) atoms. The minimum atomic E-state index is 0.0219. The summed E-state index contributed by atoms with van der Waals surface area (Å²) in [5, 5.41) is 2.94. The van der Waals surface area contributed by atoms with Crippen LogP contribution < -0.4 is 5.32 Å². The summed E-state index contributed by atoms with van der Waals surface area (Å²) in [6, 6.07) is 9.92. The molecule has 0 unspecified atom stereocenters. The molecule has 0 radical (unpaired) electrons. The molecule has 0 aliphatic heterocycles. The van der Waals surface area contributed by atoms with E-state index in [2.05, 4.69) is 49.9 Å². The van der Waals surface area contributed by atoms with Gasteiger partial charge in [0.1, 0.15) is 0 Å². The Labute approximate surface area is 132 Å². The summed E-state index contributed by atoms with van der Waals surface area (Å²) in [4.78, 5) is 13.0. The van der Waals surface area contributed by atoms with E-state index in [1.165, 1.54) is 3.57 Å². The first-order valence-corrected chi connectivity index (χ1v) is 8.03. The third-order valence-electron chi connectivity index (χ3n) is 2.43. The van der Waals surface area contributed by atoms with Crippen molar-refractivity contribution in [3.8, 4) is 0 Å². The van der Waals surface area contributed by atoms with E-state index in [1.807, 2.05) is 31.2 Å². The number of aryl methyl sites for hydroxylation is 1. The Bertz CT molecular complexity index is 582. The van der Waals surface area contributed by atoms with Crippen molar-refractivity contribution in [2.24, 2.45) is 0 Å². The summed E-state index contributed by atoms with van der Waals surface area (Å²) < 4.78 is 2.22. The van der Waals surface area contributed by atoms with Gasteiger partial charge in [-0.2, -0.15) is 0 Å². The number of carbonyl (C=O) groups is 1. The van der Waals surface area contributed by atoms with Crippen molar-refractivity contribution >= 4 is 61.5 Å². The maximum absolute atomic E-state index is 11.9. The highest BCUT2D eigenvalue weighted by Gasteiger charge is 2.07. The number of hydrogen-bond donors (Lipinski definition) is 1. The molecule has 2 rings (SSSR count). The zero-order valence-electron chi connectivity index (χ0n) is 9.67. The Morgan fingerprint density at radius 3 is 2.78 bits per heavy atom. The SMILES string of the molecule is Cc1cc(I)ccc1NC(=O)Cc1ccc(Br)s1. The van der Waals surface area contributed by atoms with Crippen LogP contribution in [0.3, 0.4) is 0 Å². The van der Waals surface area contributed by atoms with E-state index < -0.39 is 0 Å². The standard InChI is InChI=1S/C13H11BrINOS/c1-8-6-9(15)2-4-11(8)16-13(17)7-10-3-5-12(14)18-10/h2-6H,7H2,1H3,(H,16,17). The van der Waals surface area contributed by atoms with Crippen LogP contribution in [0.5, 0.6) is 0 Å². The number of thiophene rings is 1. The lowest BCUT2D eigenvalue weighted by molar-refractivity contribution is -0.115. The van der Waals surface area contributed by atoms with Crippen LogP contribution in [0.25, 0.3) is 0 Å². The highest BCUT2D eigenvalue weighted by molar-refractivity contribution is 14.1. The van der Waals surface area contributed by atoms with E-state index in [0.29, 0.717) is 6.42 Å². The van der Waals surface area contributed by atoms with Crippen LogP contribution in [0.1, 0.15) is 10.4 Å². The van der Waals surface area contributed by atoms with E-state index in [-0.39, 0.29) is 5.91 Å². The fourth-order valence-corrected chi connectivity index (χ4v) is 3.70. The van der Waals surface area contributed by atoms with Crippen LogP contribution in [0.4, 0.5) is 5.69 Å². The van der Waals surface area contributed by atoms with Crippen molar-refractivity contribution in [3.05, 3.63) is 48.1 Å². The van der Waals surface area contributed by atoms with Gasteiger partial charge in [-0.05, 0) is 81.3 Å². The van der Waals surface area contributed by atoms with Gasteiger partial charge in [0.25, 0.3) is 0 Å². The van der Waals surface area contributed by atoms with Crippen molar-refractivity contribution in [2.75, 3.05) is 5.32 Å². The Morgan fingerprint density at radius 2 is 2.17 bits per heavy atom. The average molecular weight is 436 g/mol. The quantitative estimate of drug-likeness (QED) is 0.701. The molecule has 2 aromatic rings. The summed E-state index contributed by atoms with van der Waals surface area (Å²) >= 11 is 7.24. The Morgan fingerprint density at radius 1 is 1.39 bits per heavy atom. The minimum Gasteiger partial charge on any atom is -0.326 e. The summed E-state index contributed by atoms with van der Waals surface area (Å²) in [6.07, 6.45) is 0.418. The molecule has 1 amide bonds. The molecule has 0 aliphatic carbocycles. The summed E-state index contributed by atoms with van der Waals surface area (Å²) in [5.74, 6) is 0.0219. The molecule has 0 fully saturated rings. The molecule has 5 heteroatoms. The lowest BCUT2D eigenvalue weighted by atomic mass is 10.2. The van der Waals surface area contributed by atoms with Crippen molar-refractivity contribution < 1.29 is 4.79 Å². The van der Waals surface area contributed by atoms with Crippen LogP contribution in [-0.2, 0) is 11.2 Å². The van der Waals surface area contributed by atoms with E-state index in [0.717, 1.165) is 19.9 Å². The summed E-state index contributed by atoms with van der Waals surface area (Å²) in [5.41, 5.74) is 1.97. The molecular formula is C13H11BrINOS. The minimum absolute atomic E-state index is 0.0219. The third kappa shape index (κ3) is 3.80. The van der Waals surface area contributed by atoms with Crippen molar-refractivity contribution in [1.82, 2.24) is 0 Å². The number of rotatable bonds is 3. The molecule has 0 bridgehead atoms. The van der Waals surface area contributed by atoms with Crippen LogP contribution in [0.15, 0.2) is 34.1 Å². The second-order valence-electron chi connectivity index (χ2n) is 3.89. The first-order chi connectivity index (χ1) is 8.54. The van der Waals surface area contributed by atoms with Gasteiger partial charge in [0.05, 0.1) is 10.2 Å². The van der Waals surface area contributed by atoms with Gasteiger partial charge in [0.15, 0.2) is 0 Å². The molecule has 0 atom stereocenters. The molecule has 1 aromatic carbocycles. The number of nitrogens with one attached hydrogen (secondary N) is 1. The lowest BCUT2D eigenvalue weighted by Crippen LogP contribution is -2.14. The Balaban J connectivity index is 2.03. The molecule has 0 saturated heterocycles. The predicted molar refractivity (Wildman–Crippen MR) is 88.2 cm³/mol. The maximum Gasteiger partial charge on any atom is 0.229 e. The van der Waals surface area contributed by atoms with Gasteiger partial charge < -0.3 is 5.32 Å². The van der Waals surface area contributed by atoms with E-state index in [1.54, 1.807) is 11.3 Å². The second-order valence-corrected chi connectivity index (χ2v) is 7.68. The smallest absolute Gasteiger partial charge is 0.229 e. The lowest BCUT2D eigenvalue weighted by Gasteiger charge is -2.08. The van der Waals surface area contributed by atoms with E-state index in [9.17, 15) is 4.79 Å². The third-order valence-corrected chi connectivity index (χ3v) is 4.72. The monoisotopic (exact) mass is 435 g/mol. The fourth-order valence-electron chi connectivity index (χ4n) is 1.57. The molecule has 94 valence electrons. The summed E-state index contributed by atoms with van der Waals surface area (Å²) in [7, 11) is 0. The van der Waals surface area contributed by atoms with Crippen molar-refractivity contribution in [3.63, 3.8) is 0 Å². The topological polar surface area (TPSA) is 29.1 Å². The Hall–Kier alpha value is -0.400. The van der Waals surface area contributed by atoms with Crippen molar-refractivity contribution in [2.45, 2.75) is 13.3 Å². The van der Waals surface area contributed by atoms with Gasteiger partial charge >= 0.3 is 0 Å². The molecule has 1 heterocycles. The number of amides is 1. The van der Waals surface area contributed by atoms with Gasteiger partial charge in [0, 0.05) is 14.1 Å².